The highest BCUT2D eigenvalue weighted by Gasteiger charge is 2.49. The number of hydrogen-bond acceptors (Lipinski definition) is 7. The van der Waals surface area contributed by atoms with Crippen LogP contribution >= 0.6 is 0 Å². The quantitative estimate of drug-likeness (QED) is 0.226. The van der Waals surface area contributed by atoms with Crippen molar-refractivity contribution in [3.05, 3.63) is 53.3 Å². The predicted octanol–water partition coefficient (Wildman–Crippen LogP) is 5.16. The first-order valence-corrected chi connectivity index (χ1v) is 11.8. The maximum absolute atomic E-state index is 14.0. The van der Waals surface area contributed by atoms with Crippen LogP contribution < -0.4 is 9.50 Å². The van der Waals surface area contributed by atoms with E-state index in [-0.39, 0.29) is 23.1 Å². The summed E-state index contributed by atoms with van der Waals surface area (Å²) in [6.07, 6.45) is -1.17. The van der Waals surface area contributed by atoms with Gasteiger partial charge in [0.1, 0.15) is 11.4 Å². The van der Waals surface area contributed by atoms with Gasteiger partial charge >= 0.3 is 27.7 Å². The zero-order valence-corrected chi connectivity index (χ0v) is 20.8. The van der Waals surface area contributed by atoms with Gasteiger partial charge in [0.2, 0.25) is 0 Å². The van der Waals surface area contributed by atoms with Gasteiger partial charge in [0.25, 0.3) is 0 Å². The van der Waals surface area contributed by atoms with Gasteiger partial charge in [0, 0.05) is 11.6 Å². The van der Waals surface area contributed by atoms with E-state index in [1.165, 1.54) is 31.2 Å². The van der Waals surface area contributed by atoms with E-state index in [1.807, 2.05) is 0 Å². The topological polar surface area (TPSA) is 108 Å². The van der Waals surface area contributed by atoms with Crippen LogP contribution in [0, 0.1) is 12.7 Å². The van der Waals surface area contributed by atoms with Gasteiger partial charge in [0.15, 0.2) is 5.75 Å². The molecule has 13 heteroatoms. The van der Waals surface area contributed by atoms with Crippen molar-refractivity contribution in [2.45, 2.75) is 51.3 Å². The summed E-state index contributed by atoms with van der Waals surface area (Å²) in [5.41, 5.74) is -6.21. The summed E-state index contributed by atoms with van der Waals surface area (Å²) in [5.74, 6) is -2.58. The highest BCUT2D eigenvalue weighted by molar-refractivity contribution is 7.88. The molecule has 198 valence electrons. The Morgan fingerprint density at radius 3 is 2.28 bits per heavy atom. The Kier molecular flexibility index (Phi) is 8.61. The zero-order chi connectivity index (χ0) is 27.5. The van der Waals surface area contributed by atoms with Gasteiger partial charge in [-0.05, 0) is 56.5 Å². The molecular weight excluding hydrogens is 510 g/mol. The van der Waals surface area contributed by atoms with Crippen LogP contribution in [0.1, 0.15) is 44.4 Å². The van der Waals surface area contributed by atoms with Crippen LogP contribution in [-0.2, 0) is 24.4 Å². The number of aryl methyl sites for hydroxylation is 1. The summed E-state index contributed by atoms with van der Waals surface area (Å²) >= 11 is 0. The molecule has 0 unspecified atom stereocenters. The van der Waals surface area contributed by atoms with E-state index >= 15 is 0 Å². The first-order valence-electron chi connectivity index (χ1n) is 10.4. The van der Waals surface area contributed by atoms with Gasteiger partial charge in [0.05, 0.1) is 19.6 Å². The molecule has 0 fully saturated rings. The molecule has 2 aromatic carbocycles. The summed E-state index contributed by atoms with van der Waals surface area (Å²) < 4.78 is 90.1. The smallest absolute Gasteiger partial charge is 0.469 e. The lowest BCUT2D eigenvalue weighted by atomic mass is 9.95. The van der Waals surface area contributed by atoms with Crippen LogP contribution in [0.2, 0.25) is 0 Å². The molecule has 0 aliphatic heterocycles. The van der Waals surface area contributed by atoms with Gasteiger partial charge in [-0.3, -0.25) is 4.79 Å². The molecule has 0 heterocycles. The average Bonchev–Trinajstić information content (AvgIpc) is 2.70. The third-order valence-electron chi connectivity index (χ3n) is 4.61. The van der Waals surface area contributed by atoms with E-state index in [2.05, 4.69) is 14.2 Å². The molecule has 36 heavy (non-hydrogen) atoms. The van der Waals surface area contributed by atoms with E-state index in [9.17, 15) is 35.6 Å². The van der Waals surface area contributed by atoms with Crippen LogP contribution in [-0.4, -0.2) is 38.7 Å². The number of methoxy groups -OCH3 is 1. The molecule has 0 saturated carbocycles. The molecule has 0 radical (unpaired) electrons. The Morgan fingerprint density at radius 2 is 1.72 bits per heavy atom. The normalized spacial score (nSPS) is 13.0. The summed E-state index contributed by atoms with van der Waals surface area (Å²) in [7, 11) is -4.95. The number of ether oxygens (including phenoxy) is 2. The number of hydrogen-bond donors (Lipinski definition) is 1. The van der Waals surface area contributed by atoms with Gasteiger partial charge < -0.3 is 19.0 Å². The van der Waals surface area contributed by atoms with Crippen LogP contribution in [0.25, 0.3) is 11.1 Å². The number of benzene rings is 2. The fraction of sp³-hybridized carbons (Fsp3) is 0.391. The van der Waals surface area contributed by atoms with E-state index in [0.29, 0.717) is 11.6 Å². The molecule has 0 saturated heterocycles. The Labute approximate surface area is 205 Å². The lowest BCUT2D eigenvalue weighted by molar-refractivity contribution is -0.141. The van der Waals surface area contributed by atoms with Gasteiger partial charge in [-0.25, -0.2) is 9.18 Å². The third-order valence-corrected chi connectivity index (χ3v) is 5.58. The number of nitrogens with one attached hydrogen (secondary N) is 1. The first-order chi connectivity index (χ1) is 16.4. The maximum Gasteiger partial charge on any atom is 0.534 e. The van der Waals surface area contributed by atoms with Gasteiger partial charge in [-0.15, -0.1) is 0 Å². The second-order valence-electron chi connectivity index (χ2n) is 8.68. The molecule has 0 aliphatic rings. The van der Waals surface area contributed by atoms with Crippen molar-refractivity contribution in [1.82, 2.24) is 5.32 Å². The first kappa shape index (κ1) is 28.9. The number of esters is 1. The van der Waals surface area contributed by atoms with Gasteiger partial charge in [-0.2, -0.15) is 21.6 Å². The molecule has 0 aromatic heterocycles. The summed E-state index contributed by atoms with van der Waals surface area (Å²) in [5, 5.41) is 2.53. The molecule has 2 rings (SSSR count). The Morgan fingerprint density at radius 1 is 1.08 bits per heavy atom. The van der Waals surface area contributed by atoms with Crippen molar-refractivity contribution < 1.29 is 49.2 Å². The number of carbonyl (C=O) groups excluding carboxylic acids is 2. The SMILES string of the molecule is COC(=O)C[C@H](NC(=O)OC(C)(C)C)c1cccc(-c2c(C)cc(F)cc2OS(=O)(=O)C(F)(F)F)c1. The molecule has 2 aromatic rings. The molecule has 8 nitrogen and oxygen atoms in total. The number of carbonyl (C=O) groups is 2. The fourth-order valence-corrected chi connectivity index (χ4v) is 3.64. The van der Waals surface area contributed by atoms with Crippen LogP contribution in [0.4, 0.5) is 22.4 Å². The molecule has 0 aliphatic carbocycles. The Balaban J connectivity index is 2.58. The molecule has 1 N–H and O–H groups in total. The zero-order valence-electron chi connectivity index (χ0n) is 20.0. The number of alkyl carbamates (subject to hydrolysis) is 1. The van der Waals surface area contributed by atoms with Crippen LogP contribution in [0.15, 0.2) is 36.4 Å². The second-order valence-corrected chi connectivity index (χ2v) is 10.2. The van der Waals surface area contributed by atoms with E-state index in [0.717, 1.165) is 13.2 Å². The van der Waals surface area contributed by atoms with Crippen molar-refractivity contribution in [2.24, 2.45) is 0 Å². The van der Waals surface area contributed by atoms with Crippen molar-refractivity contribution in [2.75, 3.05) is 7.11 Å². The predicted molar refractivity (Wildman–Crippen MR) is 121 cm³/mol. The lowest BCUT2D eigenvalue weighted by Gasteiger charge is -2.24. The number of amides is 1. The molecule has 1 amide bonds. The summed E-state index contributed by atoms with van der Waals surface area (Å²) in [4.78, 5) is 24.3. The average molecular weight is 536 g/mol. The lowest BCUT2D eigenvalue weighted by Crippen LogP contribution is -2.36. The summed E-state index contributed by atoms with van der Waals surface area (Å²) in [6.45, 7) is 6.26. The number of halogens is 4. The standard InChI is InChI=1S/C23H25F4NO7S/c1-13-9-16(24)11-18(35-36(31,32)23(25,26)27)20(13)15-8-6-7-14(10-15)17(12-19(29)33-5)28-21(30)34-22(2,3)4/h6-11,17H,12H2,1-5H3,(H,28,30)/t17-/m0/s1. The summed E-state index contributed by atoms with van der Waals surface area (Å²) in [6, 6.07) is 6.29. The second kappa shape index (κ2) is 10.7. The highest BCUT2D eigenvalue weighted by atomic mass is 32.2. The van der Waals surface area contributed by atoms with E-state index < -0.39 is 50.9 Å². The Hall–Kier alpha value is -3.35. The third kappa shape index (κ3) is 7.57. The molecular formula is C23H25F4NO7S. The largest absolute Gasteiger partial charge is 0.534 e. The Bertz CT molecular complexity index is 1240. The fourth-order valence-electron chi connectivity index (χ4n) is 3.18. The van der Waals surface area contributed by atoms with Crippen molar-refractivity contribution >= 4 is 22.2 Å². The van der Waals surface area contributed by atoms with Crippen LogP contribution in [0.5, 0.6) is 5.75 Å². The van der Waals surface area contributed by atoms with Crippen molar-refractivity contribution in [1.29, 1.82) is 0 Å². The monoisotopic (exact) mass is 535 g/mol. The minimum Gasteiger partial charge on any atom is -0.469 e. The minimum absolute atomic E-state index is 0.0733. The molecule has 0 spiro atoms. The van der Waals surface area contributed by atoms with Crippen molar-refractivity contribution in [3.8, 4) is 16.9 Å². The molecule has 1 atom stereocenters. The minimum atomic E-state index is -6.10. The maximum atomic E-state index is 14.0. The van der Waals surface area contributed by atoms with Gasteiger partial charge in [-0.1, -0.05) is 18.2 Å². The number of alkyl halides is 3. The van der Waals surface area contributed by atoms with E-state index in [1.54, 1.807) is 20.8 Å². The van der Waals surface area contributed by atoms with Crippen LogP contribution in [0.3, 0.4) is 0 Å². The highest BCUT2D eigenvalue weighted by Crippen LogP contribution is 2.38. The molecule has 0 bridgehead atoms. The van der Waals surface area contributed by atoms with Crippen molar-refractivity contribution in [3.63, 3.8) is 0 Å². The number of rotatable bonds is 7. The van der Waals surface area contributed by atoms with E-state index in [4.69, 9.17) is 4.74 Å².